The summed E-state index contributed by atoms with van der Waals surface area (Å²) in [5.41, 5.74) is 0.575. The van der Waals surface area contributed by atoms with Crippen molar-refractivity contribution in [2.24, 2.45) is 0 Å². The molecule has 1 aliphatic rings. The van der Waals surface area contributed by atoms with Crippen LogP contribution in [0.2, 0.25) is 0 Å². The molecule has 0 aromatic heterocycles. The zero-order valence-electron chi connectivity index (χ0n) is 12.2. The highest BCUT2D eigenvalue weighted by Gasteiger charge is 2.26. The summed E-state index contributed by atoms with van der Waals surface area (Å²) in [5.74, 6) is -1.05. The van der Waals surface area contributed by atoms with Crippen molar-refractivity contribution < 1.29 is 14.7 Å². The maximum atomic E-state index is 12.2. The zero-order valence-corrected chi connectivity index (χ0v) is 12.2. The monoisotopic (exact) mass is 291 g/mol. The Labute approximate surface area is 124 Å². The van der Waals surface area contributed by atoms with Gasteiger partial charge < -0.3 is 20.2 Å². The number of hydrogen-bond donors (Lipinski definition) is 2. The molecule has 2 amide bonds. The molecule has 0 radical (unpaired) electrons. The van der Waals surface area contributed by atoms with E-state index in [4.69, 9.17) is 0 Å². The quantitative estimate of drug-likeness (QED) is 0.873. The number of carbonyl (C=O) groups is 2. The number of carbonyl (C=O) groups excluding carboxylic acids is 1. The maximum absolute atomic E-state index is 12.2. The van der Waals surface area contributed by atoms with Gasteiger partial charge in [0.25, 0.3) is 0 Å². The van der Waals surface area contributed by atoms with E-state index in [0.29, 0.717) is 18.7 Å². The highest BCUT2D eigenvalue weighted by molar-refractivity contribution is 5.83. The summed E-state index contributed by atoms with van der Waals surface area (Å²) in [6.45, 7) is 5.96. The van der Waals surface area contributed by atoms with Gasteiger partial charge in [-0.05, 0) is 12.1 Å². The van der Waals surface area contributed by atoms with E-state index in [1.54, 1.807) is 29.2 Å². The Morgan fingerprint density at radius 2 is 1.81 bits per heavy atom. The first-order valence-electron chi connectivity index (χ1n) is 7.17. The van der Waals surface area contributed by atoms with Crippen molar-refractivity contribution >= 4 is 12.0 Å². The fraction of sp³-hybridized carbons (Fsp3) is 0.467. The van der Waals surface area contributed by atoms with E-state index in [1.807, 2.05) is 6.07 Å². The third-order valence-electron chi connectivity index (χ3n) is 3.75. The molecule has 0 aliphatic carbocycles. The molecular formula is C15H21N3O3. The van der Waals surface area contributed by atoms with Gasteiger partial charge in [-0.15, -0.1) is 0 Å². The molecule has 1 unspecified atom stereocenters. The van der Waals surface area contributed by atoms with E-state index in [-0.39, 0.29) is 6.03 Å². The van der Waals surface area contributed by atoms with Gasteiger partial charge in [0, 0.05) is 26.2 Å². The number of aliphatic carboxylic acids is 1. The van der Waals surface area contributed by atoms with Gasteiger partial charge >= 0.3 is 12.0 Å². The van der Waals surface area contributed by atoms with Gasteiger partial charge in [0.15, 0.2) is 6.04 Å². The van der Waals surface area contributed by atoms with E-state index in [9.17, 15) is 14.7 Å². The fourth-order valence-electron chi connectivity index (χ4n) is 2.42. The largest absolute Gasteiger partial charge is 0.479 e. The third kappa shape index (κ3) is 3.95. The molecule has 114 valence electrons. The van der Waals surface area contributed by atoms with E-state index >= 15 is 0 Å². The minimum atomic E-state index is -1.05. The van der Waals surface area contributed by atoms with Gasteiger partial charge in [0.2, 0.25) is 0 Å². The van der Waals surface area contributed by atoms with Crippen LogP contribution >= 0.6 is 0 Å². The van der Waals surface area contributed by atoms with Crippen molar-refractivity contribution in [1.82, 2.24) is 15.1 Å². The van der Waals surface area contributed by atoms with Crippen LogP contribution in [0.5, 0.6) is 0 Å². The summed E-state index contributed by atoms with van der Waals surface area (Å²) in [5, 5.41) is 11.9. The van der Waals surface area contributed by atoms with Crippen LogP contribution < -0.4 is 5.32 Å². The van der Waals surface area contributed by atoms with Gasteiger partial charge in [0.05, 0.1) is 0 Å². The van der Waals surface area contributed by atoms with Crippen molar-refractivity contribution in [3.05, 3.63) is 35.9 Å². The smallest absolute Gasteiger partial charge is 0.330 e. The van der Waals surface area contributed by atoms with E-state index in [0.717, 1.165) is 19.6 Å². The number of carboxylic acids is 1. The normalized spacial score (nSPS) is 17.3. The van der Waals surface area contributed by atoms with Crippen LogP contribution in [0.25, 0.3) is 0 Å². The summed E-state index contributed by atoms with van der Waals surface area (Å²) in [6, 6.07) is 7.41. The number of piperazine rings is 1. The Kier molecular flexibility index (Phi) is 5.16. The van der Waals surface area contributed by atoms with E-state index < -0.39 is 12.0 Å². The minimum Gasteiger partial charge on any atom is -0.479 e. The molecule has 6 heteroatoms. The Morgan fingerprint density at radius 1 is 1.19 bits per heavy atom. The lowest BCUT2D eigenvalue weighted by Crippen LogP contribution is -2.52. The minimum absolute atomic E-state index is 0.318. The Morgan fingerprint density at radius 3 is 2.33 bits per heavy atom. The standard InChI is InChI=1S/C15H21N3O3/c1-2-17-8-10-18(11-9-17)15(21)16-13(14(19)20)12-6-4-3-5-7-12/h3-7,13H,2,8-11H2,1H3,(H,16,21)(H,19,20). The Balaban J connectivity index is 1.98. The van der Waals surface area contributed by atoms with Crippen molar-refractivity contribution in [3.8, 4) is 0 Å². The summed E-state index contributed by atoms with van der Waals surface area (Å²) in [4.78, 5) is 27.5. The molecule has 1 saturated heterocycles. The number of carboxylic acid groups (broad SMARTS) is 1. The van der Waals surface area contributed by atoms with Gasteiger partial charge in [-0.2, -0.15) is 0 Å². The predicted molar refractivity (Wildman–Crippen MR) is 79.0 cm³/mol. The molecule has 0 bridgehead atoms. The second kappa shape index (κ2) is 7.08. The van der Waals surface area contributed by atoms with Crippen molar-refractivity contribution in [2.45, 2.75) is 13.0 Å². The van der Waals surface area contributed by atoms with Crippen molar-refractivity contribution in [1.29, 1.82) is 0 Å². The lowest BCUT2D eigenvalue weighted by atomic mass is 10.1. The molecule has 0 saturated carbocycles. The Bertz CT molecular complexity index is 484. The van der Waals surface area contributed by atoms with Gasteiger partial charge in [-0.3, -0.25) is 0 Å². The first-order valence-corrected chi connectivity index (χ1v) is 7.17. The lowest BCUT2D eigenvalue weighted by molar-refractivity contribution is -0.139. The molecule has 1 atom stereocenters. The SMILES string of the molecule is CCN1CCN(C(=O)NC(C(=O)O)c2ccccc2)CC1. The second-order valence-corrected chi connectivity index (χ2v) is 5.05. The summed E-state index contributed by atoms with van der Waals surface area (Å²) < 4.78 is 0. The number of likely N-dealkylation sites (N-methyl/N-ethyl adjacent to an activating group) is 1. The average molecular weight is 291 g/mol. The van der Waals surface area contributed by atoms with Crippen LogP contribution in [0.15, 0.2) is 30.3 Å². The average Bonchev–Trinajstić information content (AvgIpc) is 2.53. The number of nitrogens with zero attached hydrogens (tertiary/aromatic N) is 2. The van der Waals surface area contributed by atoms with Crippen molar-refractivity contribution in [2.75, 3.05) is 32.7 Å². The zero-order chi connectivity index (χ0) is 15.2. The fourth-order valence-corrected chi connectivity index (χ4v) is 2.42. The Hall–Kier alpha value is -2.08. The van der Waals surface area contributed by atoms with Crippen LogP contribution in [0.4, 0.5) is 4.79 Å². The summed E-state index contributed by atoms with van der Waals surface area (Å²) >= 11 is 0. The molecular weight excluding hydrogens is 270 g/mol. The van der Waals surface area contributed by atoms with Crippen LogP contribution in [0.3, 0.4) is 0 Å². The molecule has 1 fully saturated rings. The molecule has 2 rings (SSSR count). The molecule has 1 heterocycles. The number of nitrogens with one attached hydrogen (secondary N) is 1. The molecule has 0 spiro atoms. The molecule has 6 nitrogen and oxygen atoms in total. The molecule has 1 aliphatic heterocycles. The highest BCUT2D eigenvalue weighted by Crippen LogP contribution is 2.13. The topological polar surface area (TPSA) is 72.9 Å². The number of benzene rings is 1. The number of rotatable bonds is 4. The molecule has 1 aromatic rings. The van der Waals surface area contributed by atoms with Crippen molar-refractivity contribution in [3.63, 3.8) is 0 Å². The van der Waals surface area contributed by atoms with E-state index in [1.165, 1.54) is 0 Å². The van der Waals surface area contributed by atoms with Gasteiger partial charge in [-0.1, -0.05) is 37.3 Å². The first kappa shape index (κ1) is 15.3. The second-order valence-electron chi connectivity index (χ2n) is 5.05. The van der Waals surface area contributed by atoms with Crippen LogP contribution in [0, 0.1) is 0 Å². The predicted octanol–water partition coefficient (Wildman–Crippen LogP) is 1.16. The maximum Gasteiger partial charge on any atom is 0.330 e. The highest BCUT2D eigenvalue weighted by atomic mass is 16.4. The van der Waals surface area contributed by atoms with Crippen LogP contribution in [-0.4, -0.2) is 59.6 Å². The first-order chi connectivity index (χ1) is 10.1. The summed E-state index contributed by atoms with van der Waals surface area (Å²) in [7, 11) is 0. The number of amides is 2. The van der Waals surface area contributed by atoms with E-state index in [2.05, 4.69) is 17.1 Å². The van der Waals surface area contributed by atoms with Gasteiger partial charge in [-0.25, -0.2) is 9.59 Å². The molecule has 2 N–H and O–H groups in total. The number of urea groups is 1. The lowest BCUT2D eigenvalue weighted by Gasteiger charge is -2.34. The molecule has 1 aromatic carbocycles. The third-order valence-corrected chi connectivity index (χ3v) is 3.75. The summed E-state index contributed by atoms with van der Waals surface area (Å²) in [6.07, 6.45) is 0. The number of hydrogen-bond acceptors (Lipinski definition) is 3. The molecule has 21 heavy (non-hydrogen) atoms. The van der Waals surface area contributed by atoms with Crippen LogP contribution in [-0.2, 0) is 4.79 Å². The van der Waals surface area contributed by atoms with Gasteiger partial charge in [0.1, 0.15) is 0 Å². The van der Waals surface area contributed by atoms with Crippen LogP contribution in [0.1, 0.15) is 18.5 Å².